The highest BCUT2D eigenvalue weighted by Gasteiger charge is 2.15. The molecule has 0 aromatic heterocycles. The van der Waals surface area contributed by atoms with E-state index in [-0.39, 0.29) is 22.2 Å². The van der Waals surface area contributed by atoms with Gasteiger partial charge in [0.05, 0.1) is 20.8 Å². The van der Waals surface area contributed by atoms with Crippen molar-refractivity contribution in [1.82, 2.24) is 0 Å². The molecule has 1 aromatic carbocycles. The molecule has 0 unspecified atom stereocenters. The molecule has 0 atom stereocenters. The molecule has 0 radical (unpaired) electrons. The Kier molecular flexibility index (Phi) is 2.51. The number of carbonyl (C=O) groups excluding carboxylic acids is 1. The Morgan fingerprint density at radius 1 is 1.71 bits per heavy atom. The van der Waals surface area contributed by atoms with Gasteiger partial charge >= 0.3 is 0 Å². The van der Waals surface area contributed by atoms with E-state index in [4.69, 9.17) is 4.11 Å². The van der Waals surface area contributed by atoms with E-state index < -0.39 is 18.6 Å². The van der Waals surface area contributed by atoms with Crippen molar-refractivity contribution in [2.45, 2.75) is 13.5 Å². The molecule has 0 bridgehead atoms. The molecule has 14 heavy (non-hydrogen) atoms. The Morgan fingerprint density at radius 2 is 2.43 bits per heavy atom. The monoisotopic (exact) mass is 263 g/mol. The Balaban J connectivity index is 3.08. The van der Waals surface area contributed by atoms with E-state index in [2.05, 4.69) is 20.7 Å². The van der Waals surface area contributed by atoms with Crippen molar-refractivity contribution < 1.29 is 18.0 Å². The summed E-state index contributed by atoms with van der Waals surface area (Å²) in [4.78, 5) is 11.3. The lowest BCUT2D eigenvalue weighted by atomic mass is 10.0. The van der Waals surface area contributed by atoms with Crippen LogP contribution in [-0.4, -0.2) is 12.8 Å². The first-order chi connectivity index (χ1) is 7.72. The predicted molar refractivity (Wildman–Crippen MR) is 54.8 cm³/mol. The summed E-state index contributed by atoms with van der Waals surface area (Å²) in [6, 6.07) is 2.86. The van der Waals surface area contributed by atoms with E-state index in [9.17, 15) is 9.18 Å². The lowest BCUT2D eigenvalue weighted by Gasteiger charge is -2.08. The first kappa shape index (κ1) is 7.54. The molecule has 0 heterocycles. The number of hydrogen-bond donors (Lipinski definition) is 0. The molecular formula is C10H10BrFO2. The maximum Gasteiger partial charge on any atom is 0.163 e. The number of ketones is 1. The van der Waals surface area contributed by atoms with Gasteiger partial charge in [-0.3, -0.25) is 4.79 Å². The van der Waals surface area contributed by atoms with Gasteiger partial charge in [0.25, 0.3) is 0 Å². The van der Waals surface area contributed by atoms with Gasteiger partial charge in [-0.25, -0.2) is 4.39 Å². The van der Waals surface area contributed by atoms with Crippen LogP contribution in [-0.2, 0) is 11.3 Å². The standard InChI is InChI=1S/C10H10BrFO2/c1-6(13)9-7(5-14-2)3-4-8(11)10(9)12/h3-4H,5H2,1-2H3/i2D3. The molecule has 0 amide bonds. The number of halogens is 2. The van der Waals surface area contributed by atoms with Crippen molar-refractivity contribution in [2.24, 2.45) is 0 Å². The van der Waals surface area contributed by atoms with Gasteiger partial charge in [-0.1, -0.05) is 6.07 Å². The van der Waals surface area contributed by atoms with Crippen LogP contribution in [0.2, 0.25) is 0 Å². The molecule has 0 spiro atoms. The van der Waals surface area contributed by atoms with E-state index in [0.717, 1.165) is 0 Å². The molecule has 2 nitrogen and oxygen atoms in total. The quantitative estimate of drug-likeness (QED) is 0.784. The van der Waals surface area contributed by atoms with Crippen LogP contribution in [0.25, 0.3) is 0 Å². The van der Waals surface area contributed by atoms with Crippen LogP contribution in [0.3, 0.4) is 0 Å². The first-order valence-corrected chi connectivity index (χ1v) is 4.63. The summed E-state index contributed by atoms with van der Waals surface area (Å²) in [7, 11) is -2.57. The molecule has 4 heteroatoms. The number of rotatable bonds is 3. The van der Waals surface area contributed by atoms with Crippen molar-refractivity contribution >= 4 is 21.7 Å². The van der Waals surface area contributed by atoms with Crippen LogP contribution in [0, 0.1) is 5.82 Å². The number of hydrogen-bond acceptors (Lipinski definition) is 2. The van der Waals surface area contributed by atoms with Gasteiger partial charge in [-0.15, -0.1) is 0 Å². The number of ether oxygens (including phenoxy) is 1. The highest BCUT2D eigenvalue weighted by Crippen LogP contribution is 2.23. The van der Waals surface area contributed by atoms with Crippen molar-refractivity contribution in [3.8, 4) is 0 Å². The number of benzene rings is 1. The average molecular weight is 264 g/mol. The average Bonchev–Trinajstić information content (AvgIpc) is 2.18. The number of Topliss-reactive ketones (excluding diaryl/α,β-unsaturated/α-hetero) is 1. The minimum Gasteiger partial charge on any atom is -0.380 e. The second-order valence-corrected chi connectivity index (χ2v) is 3.59. The molecular weight excluding hydrogens is 251 g/mol. The van der Waals surface area contributed by atoms with E-state index in [1.165, 1.54) is 19.1 Å². The van der Waals surface area contributed by atoms with Gasteiger partial charge in [0, 0.05) is 7.04 Å². The van der Waals surface area contributed by atoms with Gasteiger partial charge in [0.15, 0.2) is 5.78 Å². The van der Waals surface area contributed by atoms with Gasteiger partial charge in [0.2, 0.25) is 0 Å². The predicted octanol–water partition coefficient (Wildman–Crippen LogP) is 2.94. The topological polar surface area (TPSA) is 26.3 Å². The fourth-order valence-electron chi connectivity index (χ4n) is 1.17. The number of carbonyl (C=O) groups is 1. The molecule has 1 aromatic rings. The van der Waals surface area contributed by atoms with Crippen LogP contribution in [0.15, 0.2) is 16.6 Å². The fourth-order valence-corrected chi connectivity index (χ4v) is 1.50. The van der Waals surface area contributed by atoms with Crippen molar-refractivity contribution in [3.63, 3.8) is 0 Å². The third kappa shape index (κ3) is 2.19. The molecule has 0 N–H and O–H groups in total. The maximum absolute atomic E-state index is 13.7. The van der Waals surface area contributed by atoms with Crippen molar-refractivity contribution in [3.05, 3.63) is 33.5 Å². The van der Waals surface area contributed by atoms with E-state index in [1.54, 1.807) is 0 Å². The molecule has 1 rings (SSSR count). The molecule has 0 saturated carbocycles. The maximum atomic E-state index is 13.7. The minimum atomic E-state index is -2.57. The first-order valence-electron chi connectivity index (χ1n) is 5.34. The Bertz CT molecular complexity index is 446. The smallest absolute Gasteiger partial charge is 0.163 e. The molecule has 0 aliphatic heterocycles. The molecule has 76 valence electrons. The number of methoxy groups -OCH3 is 1. The summed E-state index contributed by atoms with van der Waals surface area (Å²) in [5.74, 6) is -1.18. The summed E-state index contributed by atoms with van der Waals surface area (Å²) < 4.78 is 39.0. The molecule has 0 aliphatic carbocycles. The fraction of sp³-hybridized carbons (Fsp3) is 0.300. The van der Waals surface area contributed by atoms with Crippen LogP contribution >= 0.6 is 15.9 Å². The van der Waals surface area contributed by atoms with Crippen molar-refractivity contribution in [2.75, 3.05) is 7.04 Å². The highest BCUT2D eigenvalue weighted by molar-refractivity contribution is 9.10. The summed E-state index contributed by atoms with van der Waals surface area (Å²) in [6.07, 6.45) is 0. The molecule has 0 aliphatic rings. The largest absolute Gasteiger partial charge is 0.380 e. The zero-order valence-electron chi connectivity index (χ0n) is 10.4. The van der Waals surface area contributed by atoms with Gasteiger partial charge in [-0.2, -0.15) is 0 Å². The van der Waals surface area contributed by atoms with E-state index in [0.29, 0.717) is 0 Å². The van der Waals surface area contributed by atoms with Crippen LogP contribution in [0.1, 0.15) is 27.0 Å². The zero-order valence-corrected chi connectivity index (χ0v) is 9.02. The van der Waals surface area contributed by atoms with Gasteiger partial charge in [-0.05, 0) is 34.5 Å². The van der Waals surface area contributed by atoms with Crippen LogP contribution in [0.4, 0.5) is 4.39 Å². The van der Waals surface area contributed by atoms with Crippen molar-refractivity contribution in [1.29, 1.82) is 0 Å². The lowest BCUT2D eigenvalue weighted by Crippen LogP contribution is -2.05. The lowest BCUT2D eigenvalue weighted by molar-refractivity contribution is 0.100. The third-order valence-corrected chi connectivity index (χ3v) is 2.37. The summed E-state index contributed by atoms with van der Waals surface area (Å²) >= 11 is 2.96. The highest BCUT2D eigenvalue weighted by atomic mass is 79.9. The molecule has 0 saturated heterocycles. The third-order valence-electron chi connectivity index (χ3n) is 1.76. The van der Waals surface area contributed by atoms with E-state index >= 15 is 0 Å². The van der Waals surface area contributed by atoms with Crippen LogP contribution in [0.5, 0.6) is 0 Å². The summed E-state index contributed by atoms with van der Waals surface area (Å²) in [5.41, 5.74) is 0.0675. The summed E-state index contributed by atoms with van der Waals surface area (Å²) in [5, 5.41) is 0. The second-order valence-electron chi connectivity index (χ2n) is 2.74. The SMILES string of the molecule is [2H]C([2H])([2H])OCc1ccc(Br)c(F)c1C(C)=O. The summed E-state index contributed by atoms with van der Waals surface area (Å²) in [6.45, 7) is 0.874. The van der Waals surface area contributed by atoms with Crippen LogP contribution < -0.4 is 0 Å². The Labute approximate surface area is 94.4 Å². The minimum absolute atomic E-state index is 0.149. The molecule has 0 fully saturated rings. The van der Waals surface area contributed by atoms with Gasteiger partial charge in [0.1, 0.15) is 5.82 Å². The second kappa shape index (κ2) is 4.66. The Hall–Kier alpha value is -0.740. The van der Waals surface area contributed by atoms with E-state index in [1.807, 2.05) is 0 Å². The zero-order chi connectivity index (χ0) is 13.2. The Morgan fingerprint density at radius 3 is 3.00 bits per heavy atom. The van der Waals surface area contributed by atoms with Gasteiger partial charge < -0.3 is 4.74 Å². The normalized spacial score (nSPS) is 14.4.